The van der Waals surface area contributed by atoms with E-state index in [1.165, 1.54) is 4.31 Å². The van der Waals surface area contributed by atoms with Crippen LogP contribution in [-0.2, 0) is 14.8 Å². The fourth-order valence-corrected chi connectivity index (χ4v) is 5.68. The maximum atomic E-state index is 13.3. The fourth-order valence-electron chi connectivity index (χ4n) is 4.14. The Kier molecular flexibility index (Phi) is 6.72. The summed E-state index contributed by atoms with van der Waals surface area (Å²) < 4.78 is 27.5. The Balaban J connectivity index is 1.54. The first-order chi connectivity index (χ1) is 15.4. The average molecular weight is 449 g/mol. The molecular formula is C26H28N2O3S. The van der Waals surface area contributed by atoms with Crippen molar-refractivity contribution in [3.05, 3.63) is 102 Å². The number of nitrogens with zero attached hydrogens (tertiary/aromatic N) is 1. The van der Waals surface area contributed by atoms with Crippen molar-refractivity contribution in [2.45, 2.75) is 30.7 Å². The van der Waals surface area contributed by atoms with E-state index < -0.39 is 10.0 Å². The summed E-state index contributed by atoms with van der Waals surface area (Å²) in [4.78, 5) is 13.6. The minimum absolute atomic E-state index is 0.118. The van der Waals surface area contributed by atoms with E-state index in [4.69, 9.17) is 0 Å². The highest BCUT2D eigenvalue weighted by molar-refractivity contribution is 7.89. The van der Waals surface area contributed by atoms with E-state index >= 15 is 0 Å². The van der Waals surface area contributed by atoms with Gasteiger partial charge >= 0.3 is 0 Å². The second-order valence-corrected chi connectivity index (χ2v) is 10.2. The highest BCUT2D eigenvalue weighted by Crippen LogP contribution is 2.27. The van der Waals surface area contributed by atoms with Crippen LogP contribution in [0.15, 0.2) is 89.8 Å². The number of carbonyl (C=O) groups is 1. The van der Waals surface area contributed by atoms with Crippen molar-refractivity contribution >= 4 is 15.9 Å². The third-order valence-electron chi connectivity index (χ3n) is 5.97. The van der Waals surface area contributed by atoms with Crippen molar-refractivity contribution in [1.82, 2.24) is 9.62 Å². The number of carbonyl (C=O) groups excluding carboxylic acids is 1. The number of benzene rings is 3. The van der Waals surface area contributed by atoms with Gasteiger partial charge < -0.3 is 5.32 Å². The Morgan fingerprint density at radius 2 is 1.50 bits per heavy atom. The van der Waals surface area contributed by atoms with Crippen molar-refractivity contribution in [3.63, 3.8) is 0 Å². The van der Waals surface area contributed by atoms with Crippen molar-refractivity contribution in [2.24, 2.45) is 5.92 Å². The van der Waals surface area contributed by atoms with E-state index in [2.05, 4.69) is 5.32 Å². The molecule has 0 spiro atoms. The monoisotopic (exact) mass is 448 g/mol. The lowest BCUT2D eigenvalue weighted by Crippen LogP contribution is -2.46. The van der Waals surface area contributed by atoms with Gasteiger partial charge in [-0.3, -0.25) is 4.79 Å². The normalized spacial score (nSPS) is 18.1. The maximum Gasteiger partial charge on any atom is 0.243 e. The van der Waals surface area contributed by atoms with Crippen LogP contribution in [0, 0.1) is 12.8 Å². The van der Waals surface area contributed by atoms with Gasteiger partial charge in [-0.1, -0.05) is 78.4 Å². The molecule has 1 N–H and O–H groups in total. The van der Waals surface area contributed by atoms with Gasteiger partial charge in [0.15, 0.2) is 0 Å². The van der Waals surface area contributed by atoms with Gasteiger partial charge in [-0.15, -0.1) is 0 Å². The van der Waals surface area contributed by atoms with Gasteiger partial charge in [-0.2, -0.15) is 4.31 Å². The highest BCUT2D eigenvalue weighted by Gasteiger charge is 2.34. The van der Waals surface area contributed by atoms with Crippen LogP contribution in [-0.4, -0.2) is 31.7 Å². The molecule has 6 heteroatoms. The second kappa shape index (κ2) is 9.67. The van der Waals surface area contributed by atoms with Gasteiger partial charge in [-0.05, 0) is 43.0 Å². The van der Waals surface area contributed by atoms with Gasteiger partial charge in [0, 0.05) is 13.1 Å². The number of nitrogens with one attached hydrogen (secondary N) is 1. The summed E-state index contributed by atoms with van der Waals surface area (Å²) in [7, 11) is -3.61. The van der Waals surface area contributed by atoms with E-state index in [9.17, 15) is 13.2 Å². The van der Waals surface area contributed by atoms with Crippen molar-refractivity contribution in [1.29, 1.82) is 0 Å². The summed E-state index contributed by atoms with van der Waals surface area (Å²) in [5, 5.41) is 3.19. The number of amides is 1. The van der Waals surface area contributed by atoms with Crippen LogP contribution < -0.4 is 5.32 Å². The zero-order valence-corrected chi connectivity index (χ0v) is 19.0. The van der Waals surface area contributed by atoms with Crippen LogP contribution in [0.2, 0.25) is 0 Å². The maximum absolute atomic E-state index is 13.3. The zero-order valence-electron chi connectivity index (χ0n) is 18.1. The second-order valence-electron chi connectivity index (χ2n) is 8.28. The Bertz CT molecular complexity index is 1150. The third kappa shape index (κ3) is 4.92. The van der Waals surface area contributed by atoms with E-state index in [1.807, 2.05) is 61.5 Å². The molecule has 0 bridgehead atoms. The summed E-state index contributed by atoms with van der Waals surface area (Å²) in [5.41, 5.74) is 3.15. The number of hydrogen-bond donors (Lipinski definition) is 1. The minimum atomic E-state index is -3.61. The molecule has 1 aliphatic heterocycles. The SMILES string of the molecule is Cc1ccc(C(NC(=O)C2CCCN(S(=O)(=O)c3ccccc3)C2)c2ccccc2)cc1. The van der Waals surface area contributed by atoms with E-state index in [-0.39, 0.29) is 29.3 Å². The number of aryl methyl sites for hydroxylation is 1. The summed E-state index contributed by atoms with van der Waals surface area (Å²) >= 11 is 0. The molecule has 1 fully saturated rings. The molecule has 0 aliphatic carbocycles. The minimum Gasteiger partial charge on any atom is -0.345 e. The predicted octanol–water partition coefficient (Wildman–Crippen LogP) is 4.30. The molecule has 1 amide bonds. The smallest absolute Gasteiger partial charge is 0.243 e. The molecule has 3 aromatic carbocycles. The molecule has 5 nitrogen and oxygen atoms in total. The lowest BCUT2D eigenvalue weighted by molar-refractivity contribution is -0.126. The van der Waals surface area contributed by atoms with Crippen LogP contribution in [0.4, 0.5) is 0 Å². The van der Waals surface area contributed by atoms with Crippen LogP contribution in [0.3, 0.4) is 0 Å². The molecule has 4 rings (SSSR count). The first kappa shape index (κ1) is 22.2. The van der Waals surface area contributed by atoms with Gasteiger partial charge in [-0.25, -0.2) is 8.42 Å². The molecule has 0 saturated carbocycles. The Hall–Kier alpha value is -2.96. The molecule has 1 heterocycles. The zero-order chi connectivity index (χ0) is 22.6. The standard InChI is InChI=1S/C26H28N2O3S/c1-20-14-16-22(17-15-20)25(21-9-4-2-5-10-21)27-26(29)23-11-8-18-28(19-23)32(30,31)24-12-6-3-7-13-24/h2-7,9-10,12-17,23,25H,8,11,18-19H2,1H3,(H,27,29). The average Bonchev–Trinajstić information content (AvgIpc) is 2.84. The largest absolute Gasteiger partial charge is 0.345 e. The first-order valence-electron chi connectivity index (χ1n) is 10.9. The lowest BCUT2D eigenvalue weighted by atomic mass is 9.94. The fraction of sp³-hybridized carbons (Fsp3) is 0.269. The van der Waals surface area contributed by atoms with Gasteiger partial charge in [0.05, 0.1) is 16.9 Å². The van der Waals surface area contributed by atoms with Crippen molar-refractivity contribution < 1.29 is 13.2 Å². The Morgan fingerprint density at radius 3 is 2.16 bits per heavy atom. The van der Waals surface area contributed by atoms with Crippen LogP contribution in [0.1, 0.15) is 35.6 Å². The first-order valence-corrected chi connectivity index (χ1v) is 12.4. The van der Waals surface area contributed by atoms with Gasteiger partial charge in [0.2, 0.25) is 15.9 Å². The molecule has 1 aliphatic rings. The summed E-state index contributed by atoms with van der Waals surface area (Å²) in [6, 6.07) is 26.1. The molecule has 2 unspecified atom stereocenters. The molecule has 1 saturated heterocycles. The number of piperidine rings is 1. The summed E-state index contributed by atoms with van der Waals surface area (Å²) in [6.45, 7) is 2.66. The van der Waals surface area contributed by atoms with Crippen LogP contribution in [0.25, 0.3) is 0 Å². The molecular weight excluding hydrogens is 420 g/mol. The van der Waals surface area contributed by atoms with E-state index in [0.29, 0.717) is 19.4 Å². The summed E-state index contributed by atoms with van der Waals surface area (Å²) in [5.74, 6) is -0.508. The van der Waals surface area contributed by atoms with E-state index in [0.717, 1.165) is 16.7 Å². The molecule has 3 aromatic rings. The summed E-state index contributed by atoms with van der Waals surface area (Å²) in [6.07, 6.45) is 1.33. The van der Waals surface area contributed by atoms with Gasteiger partial charge in [0.1, 0.15) is 0 Å². The predicted molar refractivity (Wildman–Crippen MR) is 126 cm³/mol. The number of hydrogen-bond acceptors (Lipinski definition) is 3. The molecule has 2 atom stereocenters. The molecule has 0 aromatic heterocycles. The quantitative estimate of drug-likeness (QED) is 0.611. The highest BCUT2D eigenvalue weighted by atomic mass is 32.2. The Morgan fingerprint density at radius 1 is 0.906 bits per heavy atom. The van der Waals surface area contributed by atoms with Crippen LogP contribution >= 0.6 is 0 Å². The number of rotatable bonds is 6. The Labute approximate surface area is 190 Å². The van der Waals surface area contributed by atoms with Gasteiger partial charge in [0.25, 0.3) is 0 Å². The van der Waals surface area contributed by atoms with Crippen molar-refractivity contribution in [2.75, 3.05) is 13.1 Å². The topological polar surface area (TPSA) is 66.5 Å². The molecule has 0 radical (unpaired) electrons. The van der Waals surface area contributed by atoms with Crippen LogP contribution in [0.5, 0.6) is 0 Å². The van der Waals surface area contributed by atoms with E-state index in [1.54, 1.807) is 30.3 Å². The number of sulfonamides is 1. The third-order valence-corrected chi connectivity index (χ3v) is 7.85. The molecule has 166 valence electrons. The lowest BCUT2D eigenvalue weighted by Gasteiger charge is -2.32. The molecule has 32 heavy (non-hydrogen) atoms. The van der Waals surface area contributed by atoms with Crippen molar-refractivity contribution in [3.8, 4) is 0 Å².